The third-order valence-corrected chi connectivity index (χ3v) is 5.54. The number of hydrogen-bond acceptors (Lipinski definition) is 4. The summed E-state index contributed by atoms with van der Waals surface area (Å²) in [5.41, 5.74) is 2.15. The van der Waals surface area contributed by atoms with Gasteiger partial charge in [-0.15, -0.1) is 0 Å². The summed E-state index contributed by atoms with van der Waals surface area (Å²) in [6.45, 7) is -2.40. The molecule has 0 radical (unpaired) electrons. The van der Waals surface area contributed by atoms with E-state index in [1.165, 1.54) is 12.1 Å². The molecular formula is C27H19N3O2. The van der Waals surface area contributed by atoms with Gasteiger partial charge in [0.2, 0.25) is 5.88 Å². The number of phenols is 1. The summed E-state index contributed by atoms with van der Waals surface area (Å²) in [6.07, 6.45) is 1.75. The third-order valence-electron chi connectivity index (χ3n) is 5.54. The van der Waals surface area contributed by atoms with E-state index in [2.05, 4.69) is 20.6 Å². The van der Waals surface area contributed by atoms with Crippen LogP contribution < -0.4 is 4.74 Å². The van der Waals surface area contributed by atoms with E-state index in [-0.39, 0.29) is 22.7 Å². The predicted octanol–water partition coefficient (Wildman–Crippen LogP) is 6.53. The molecule has 3 heterocycles. The lowest BCUT2D eigenvalue weighted by Crippen LogP contribution is -1.96. The van der Waals surface area contributed by atoms with Crippen LogP contribution in [0.1, 0.15) is 9.68 Å². The monoisotopic (exact) mass is 420 g/mol. The Labute approximate surface area is 188 Å². The maximum Gasteiger partial charge on any atom is 0.220 e. The molecule has 154 valence electrons. The molecule has 5 heteroatoms. The summed E-state index contributed by atoms with van der Waals surface area (Å²) >= 11 is 0. The van der Waals surface area contributed by atoms with Crippen LogP contribution in [0.5, 0.6) is 17.4 Å². The molecular weight excluding hydrogens is 398 g/mol. The number of benzene rings is 3. The van der Waals surface area contributed by atoms with Crippen molar-refractivity contribution in [2.75, 3.05) is 0 Å². The number of aryl methyl sites for hydroxylation is 1. The van der Waals surface area contributed by atoms with Crippen molar-refractivity contribution in [1.82, 2.24) is 14.5 Å². The summed E-state index contributed by atoms with van der Waals surface area (Å²) in [7, 11) is 0. The van der Waals surface area contributed by atoms with E-state index >= 15 is 0 Å². The highest BCUT2D eigenvalue weighted by molar-refractivity contribution is 6.09. The first-order valence-corrected chi connectivity index (χ1v) is 10.2. The minimum absolute atomic E-state index is 0.0667. The number of nitrogens with zero attached hydrogens (tertiary/aromatic N) is 3. The molecule has 0 saturated heterocycles. The van der Waals surface area contributed by atoms with Crippen molar-refractivity contribution >= 4 is 32.7 Å². The van der Waals surface area contributed by atoms with E-state index in [4.69, 9.17) is 8.85 Å². The Hall–Kier alpha value is -4.38. The van der Waals surface area contributed by atoms with Gasteiger partial charge < -0.3 is 9.84 Å². The first-order chi connectivity index (χ1) is 16.9. The van der Waals surface area contributed by atoms with Crippen LogP contribution in [0.3, 0.4) is 0 Å². The molecule has 1 N–H and O–H groups in total. The molecule has 0 saturated carbocycles. The van der Waals surface area contributed by atoms with Crippen LogP contribution in [0.4, 0.5) is 0 Å². The average Bonchev–Trinajstić information content (AvgIpc) is 3.18. The van der Waals surface area contributed by atoms with Crippen molar-refractivity contribution in [3.05, 3.63) is 96.7 Å². The molecule has 0 aliphatic carbocycles. The van der Waals surface area contributed by atoms with Gasteiger partial charge in [0.15, 0.2) is 0 Å². The van der Waals surface area contributed by atoms with Gasteiger partial charge in [0, 0.05) is 38.6 Å². The predicted molar refractivity (Wildman–Crippen MR) is 127 cm³/mol. The second-order valence-electron chi connectivity index (χ2n) is 7.50. The lowest BCUT2D eigenvalue weighted by atomic mass is 10.1. The smallest absolute Gasteiger partial charge is 0.220 e. The summed E-state index contributed by atoms with van der Waals surface area (Å²) in [6, 6.07) is 25.6. The van der Waals surface area contributed by atoms with E-state index in [9.17, 15) is 5.11 Å². The molecule has 0 atom stereocenters. The molecule has 0 amide bonds. The molecule has 3 aromatic carbocycles. The summed E-state index contributed by atoms with van der Waals surface area (Å²) < 4.78 is 32.0. The molecule has 0 spiro atoms. The van der Waals surface area contributed by atoms with Crippen LogP contribution >= 0.6 is 0 Å². The molecule has 6 rings (SSSR count). The van der Waals surface area contributed by atoms with Gasteiger partial charge in [-0.1, -0.05) is 36.4 Å². The van der Waals surface area contributed by atoms with Crippen molar-refractivity contribution in [2.45, 2.75) is 6.85 Å². The molecule has 0 fully saturated rings. The average molecular weight is 420 g/mol. The maximum absolute atomic E-state index is 10.3. The van der Waals surface area contributed by atoms with Gasteiger partial charge in [0.1, 0.15) is 22.8 Å². The molecule has 6 aromatic rings. The summed E-state index contributed by atoms with van der Waals surface area (Å²) in [5.74, 6) is 1.24. The van der Waals surface area contributed by atoms with Crippen LogP contribution in [0, 0.1) is 6.85 Å². The minimum Gasteiger partial charge on any atom is -0.506 e. The highest BCUT2D eigenvalue weighted by atomic mass is 16.5. The number of fused-ring (bicyclic) bond motifs is 4. The summed E-state index contributed by atoms with van der Waals surface area (Å²) in [5, 5.41) is 12.8. The van der Waals surface area contributed by atoms with Gasteiger partial charge in [0.05, 0.1) is 11.0 Å². The first-order valence-electron chi connectivity index (χ1n) is 11.7. The Morgan fingerprint density at radius 2 is 1.69 bits per heavy atom. The zero-order valence-electron chi connectivity index (χ0n) is 19.9. The molecule has 0 bridgehead atoms. The van der Waals surface area contributed by atoms with Crippen LogP contribution in [-0.4, -0.2) is 19.6 Å². The summed E-state index contributed by atoms with van der Waals surface area (Å²) in [4.78, 5) is 8.94. The Morgan fingerprint density at radius 1 is 0.844 bits per heavy atom. The van der Waals surface area contributed by atoms with E-state index in [0.29, 0.717) is 11.1 Å². The van der Waals surface area contributed by atoms with Gasteiger partial charge in [-0.2, -0.15) is 0 Å². The Kier molecular flexibility index (Phi) is 3.42. The second-order valence-corrected chi connectivity index (χ2v) is 7.50. The number of para-hydroxylation sites is 2. The minimum atomic E-state index is -2.40. The number of phenolic OH excluding ortho intramolecular Hbond substituents is 1. The number of aromatic nitrogens is 3. The van der Waals surface area contributed by atoms with Gasteiger partial charge >= 0.3 is 0 Å². The number of ether oxygens (including phenoxy) is 1. The normalized spacial score (nSPS) is 13.2. The largest absolute Gasteiger partial charge is 0.506 e. The van der Waals surface area contributed by atoms with Crippen molar-refractivity contribution in [2.24, 2.45) is 0 Å². The highest BCUT2D eigenvalue weighted by Crippen LogP contribution is 2.35. The molecule has 0 aliphatic heterocycles. The van der Waals surface area contributed by atoms with Gasteiger partial charge in [-0.3, -0.25) is 4.57 Å². The fourth-order valence-corrected chi connectivity index (χ4v) is 4.13. The quantitative estimate of drug-likeness (QED) is 0.353. The van der Waals surface area contributed by atoms with Gasteiger partial charge in [0.25, 0.3) is 0 Å². The van der Waals surface area contributed by atoms with Gasteiger partial charge in [-0.05, 0) is 48.8 Å². The maximum atomic E-state index is 10.3. The van der Waals surface area contributed by atoms with E-state index in [1.54, 1.807) is 18.3 Å². The molecule has 5 nitrogen and oxygen atoms in total. The second kappa shape index (κ2) is 7.10. The highest BCUT2D eigenvalue weighted by Gasteiger charge is 2.14. The van der Waals surface area contributed by atoms with Crippen LogP contribution in [0.2, 0.25) is 0 Å². The first kappa shape index (κ1) is 15.4. The molecule has 0 unspecified atom stereocenters. The number of pyridine rings is 2. The number of rotatable bonds is 3. The van der Waals surface area contributed by atoms with Crippen molar-refractivity contribution < 1.29 is 14.0 Å². The Bertz CT molecular complexity index is 1730. The molecule has 3 aromatic heterocycles. The van der Waals surface area contributed by atoms with Crippen molar-refractivity contribution in [3.8, 4) is 23.2 Å². The number of aromatic hydroxyl groups is 1. The van der Waals surface area contributed by atoms with E-state index in [1.807, 2.05) is 54.6 Å². The zero-order valence-corrected chi connectivity index (χ0v) is 16.9. The standard InChI is InChI=1S/C27H19N3O2/c1-17-15-26(29-27-19(17)8-6-10-24(27)31)32-18-12-13-21-20-7-2-3-9-22(20)30(23(21)16-18)25-11-4-5-14-28-25/h2-16,31H,1H3/i1D3. The fourth-order valence-electron chi connectivity index (χ4n) is 4.13. The van der Waals surface area contributed by atoms with Gasteiger partial charge in [-0.25, -0.2) is 9.97 Å². The Morgan fingerprint density at radius 3 is 2.56 bits per heavy atom. The lowest BCUT2D eigenvalue weighted by molar-refractivity contribution is 0.460. The van der Waals surface area contributed by atoms with Crippen molar-refractivity contribution in [3.63, 3.8) is 0 Å². The third kappa shape index (κ3) is 2.87. The fraction of sp³-hybridized carbons (Fsp3) is 0.0370. The lowest BCUT2D eigenvalue weighted by Gasteiger charge is -2.10. The molecule has 0 aliphatic rings. The SMILES string of the molecule is [2H]C([2H])([2H])c1cc(Oc2ccc3c4ccccc4n(-c4ccccn4)c3c2)nc2c(O)cccc12. The zero-order chi connectivity index (χ0) is 24.2. The van der Waals surface area contributed by atoms with E-state index < -0.39 is 6.85 Å². The van der Waals surface area contributed by atoms with Crippen LogP contribution in [0.15, 0.2) is 91.1 Å². The van der Waals surface area contributed by atoms with E-state index in [0.717, 1.165) is 27.6 Å². The molecule has 32 heavy (non-hydrogen) atoms. The topological polar surface area (TPSA) is 60.2 Å². The number of hydrogen-bond donors (Lipinski definition) is 1. The van der Waals surface area contributed by atoms with Crippen LogP contribution in [-0.2, 0) is 0 Å². The Balaban J connectivity index is 1.53. The van der Waals surface area contributed by atoms with Crippen LogP contribution in [0.25, 0.3) is 38.5 Å². The van der Waals surface area contributed by atoms with Crippen molar-refractivity contribution in [1.29, 1.82) is 0 Å².